The molecule has 0 unspecified atom stereocenters. The minimum Gasteiger partial charge on any atom is -0.198 e. The quantitative estimate of drug-likeness (QED) is 0.554. The van der Waals surface area contributed by atoms with E-state index in [9.17, 15) is 0 Å². The van der Waals surface area contributed by atoms with E-state index in [0.717, 1.165) is 13.0 Å². The van der Waals surface area contributed by atoms with E-state index in [1.807, 2.05) is 0 Å². The van der Waals surface area contributed by atoms with Crippen molar-refractivity contribution in [3.8, 4) is 0 Å². The summed E-state index contributed by atoms with van der Waals surface area (Å²) >= 11 is 2.36. The standard InChI is InChI=1S/C15H13IN/c16-14-6-3-7-15(10-14)17-9-8-12-4-1-2-5-13(12)11-17/h1-7,10-11H,8-9H2/q+1. The number of nitrogens with zero attached hydrogens (tertiary/aromatic N) is 1. The summed E-state index contributed by atoms with van der Waals surface area (Å²) in [4.78, 5) is 0. The number of hydrogen-bond acceptors (Lipinski definition) is 0. The predicted octanol–water partition coefficient (Wildman–Crippen LogP) is 3.61. The number of benzene rings is 2. The van der Waals surface area contributed by atoms with Crippen molar-refractivity contribution >= 4 is 34.5 Å². The number of fused-ring (bicyclic) bond motifs is 1. The maximum absolute atomic E-state index is 2.36. The lowest BCUT2D eigenvalue weighted by molar-refractivity contribution is -0.436. The van der Waals surface area contributed by atoms with Gasteiger partial charge in [-0.05, 0) is 40.3 Å². The summed E-state index contributed by atoms with van der Waals surface area (Å²) in [6, 6.07) is 17.3. The van der Waals surface area contributed by atoms with Crippen LogP contribution in [0.3, 0.4) is 0 Å². The molecule has 0 bridgehead atoms. The molecule has 1 aliphatic rings. The van der Waals surface area contributed by atoms with Gasteiger partial charge in [-0.1, -0.05) is 24.3 Å². The van der Waals surface area contributed by atoms with Crippen molar-refractivity contribution < 1.29 is 4.58 Å². The molecule has 0 radical (unpaired) electrons. The van der Waals surface area contributed by atoms with Crippen LogP contribution in [0.2, 0.25) is 0 Å². The molecule has 0 saturated carbocycles. The Morgan fingerprint density at radius 3 is 2.76 bits per heavy atom. The molecule has 1 heterocycles. The highest BCUT2D eigenvalue weighted by Gasteiger charge is 2.17. The minimum atomic E-state index is 1.07. The van der Waals surface area contributed by atoms with Crippen LogP contribution in [0.4, 0.5) is 5.69 Å². The third-order valence-electron chi connectivity index (χ3n) is 3.11. The van der Waals surface area contributed by atoms with E-state index in [1.165, 1.54) is 20.4 Å². The second-order valence-corrected chi connectivity index (χ2v) is 5.50. The van der Waals surface area contributed by atoms with Gasteiger partial charge in [-0.15, -0.1) is 0 Å². The second-order valence-electron chi connectivity index (χ2n) is 4.25. The van der Waals surface area contributed by atoms with Gasteiger partial charge >= 0.3 is 0 Å². The van der Waals surface area contributed by atoms with E-state index in [1.54, 1.807) is 0 Å². The molecule has 0 aromatic heterocycles. The SMILES string of the molecule is Ic1cccc([N+]2=Cc3ccccc3CC2)c1. The highest BCUT2D eigenvalue weighted by molar-refractivity contribution is 14.1. The summed E-state index contributed by atoms with van der Waals surface area (Å²) in [5.41, 5.74) is 4.08. The van der Waals surface area contributed by atoms with E-state index < -0.39 is 0 Å². The molecule has 84 valence electrons. The normalized spacial score (nSPS) is 14.1. The number of rotatable bonds is 1. The smallest absolute Gasteiger partial charge is 0.198 e. The monoisotopic (exact) mass is 334 g/mol. The summed E-state index contributed by atoms with van der Waals surface area (Å²) in [7, 11) is 0. The fourth-order valence-corrected chi connectivity index (χ4v) is 2.75. The Balaban J connectivity index is 2.04. The highest BCUT2D eigenvalue weighted by atomic mass is 127. The molecule has 0 spiro atoms. The molecule has 0 amide bonds. The van der Waals surface area contributed by atoms with Gasteiger partial charge in [0.15, 0.2) is 12.8 Å². The van der Waals surface area contributed by atoms with E-state index in [4.69, 9.17) is 0 Å². The van der Waals surface area contributed by atoms with Crippen molar-refractivity contribution in [3.63, 3.8) is 0 Å². The molecule has 0 aliphatic carbocycles. The molecule has 2 aromatic carbocycles. The third-order valence-corrected chi connectivity index (χ3v) is 3.78. The third kappa shape index (κ3) is 2.27. The number of halogens is 1. The van der Waals surface area contributed by atoms with Gasteiger partial charge < -0.3 is 0 Å². The van der Waals surface area contributed by atoms with Crippen molar-refractivity contribution in [1.29, 1.82) is 0 Å². The average molecular weight is 334 g/mol. The van der Waals surface area contributed by atoms with Crippen LogP contribution in [0.5, 0.6) is 0 Å². The second kappa shape index (κ2) is 4.61. The predicted molar refractivity (Wildman–Crippen MR) is 79.3 cm³/mol. The summed E-state index contributed by atoms with van der Waals surface area (Å²) in [6.45, 7) is 1.07. The van der Waals surface area contributed by atoms with Crippen LogP contribution in [0.1, 0.15) is 11.1 Å². The first-order valence-electron chi connectivity index (χ1n) is 5.78. The van der Waals surface area contributed by atoms with Crippen LogP contribution in [-0.4, -0.2) is 17.3 Å². The van der Waals surface area contributed by atoms with Crippen LogP contribution in [-0.2, 0) is 6.42 Å². The zero-order chi connectivity index (χ0) is 11.7. The Morgan fingerprint density at radius 1 is 1.00 bits per heavy atom. The van der Waals surface area contributed by atoms with Gasteiger partial charge in [0.1, 0.15) is 0 Å². The van der Waals surface area contributed by atoms with Crippen LogP contribution in [0.15, 0.2) is 48.5 Å². The van der Waals surface area contributed by atoms with Gasteiger partial charge in [-0.25, -0.2) is 0 Å². The Bertz CT molecular complexity index is 587. The summed E-state index contributed by atoms with van der Waals surface area (Å²) < 4.78 is 3.62. The van der Waals surface area contributed by atoms with Gasteiger partial charge in [0.2, 0.25) is 5.69 Å². The molecule has 2 aromatic rings. The fourth-order valence-electron chi connectivity index (χ4n) is 2.22. The molecular formula is C15H13IN+. The molecule has 1 nitrogen and oxygen atoms in total. The number of hydrogen-bond donors (Lipinski definition) is 0. The Morgan fingerprint density at radius 2 is 1.88 bits per heavy atom. The van der Waals surface area contributed by atoms with Crippen molar-refractivity contribution in [1.82, 2.24) is 0 Å². The van der Waals surface area contributed by atoms with E-state index in [2.05, 4.69) is 81.9 Å². The Hall–Kier alpha value is -1.16. The van der Waals surface area contributed by atoms with Crippen LogP contribution < -0.4 is 0 Å². The molecule has 0 fully saturated rings. The van der Waals surface area contributed by atoms with Gasteiger partial charge in [0.05, 0.1) is 0 Å². The molecule has 17 heavy (non-hydrogen) atoms. The zero-order valence-electron chi connectivity index (χ0n) is 9.44. The van der Waals surface area contributed by atoms with Crippen LogP contribution in [0.25, 0.3) is 0 Å². The van der Waals surface area contributed by atoms with E-state index in [0.29, 0.717) is 0 Å². The fraction of sp³-hybridized carbons (Fsp3) is 0.133. The van der Waals surface area contributed by atoms with Gasteiger partial charge in [-0.3, -0.25) is 0 Å². The molecule has 0 N–H and O–H groups in total. The first-order chi connectivity index (χ1) is 8.33. The molecule has 0 atom stereocenters. The molecule has 3 rings (SSSR count). The summed E-state index contributed by atoms with van der Waals surface area (Å²) in [6.07, 6.45) is 3.38. The first-order valence-corrected chi connectivity index (χ1v) is 6.86. The van der Waals surface area contributed by atoms with Crippen molar-refractivity contribution in [2.75, 3.05) is 6.54 Å². The lowest BCUT2D eigenvalue weighted by atomic mass is 10.0. The average Bonchev–Trinajstić information content (AvgIpc) is 2.38. The highest BCUT2D eigenvalue weighted by Crippen LogP contribution is 2.20. The lowest BCUT2D eigenvalue weighted by Crippen LogP contribution is -2.18. The maximum Gasteiger partial charge on any atom is 0.206 e. The summed E-state index contributed by atoms with van der Waals surface area (Å²) in [5.74, 6) is 0. The molecular weight excluding hydrogens is 321 g/mol. The minimum absolute atomic E-state index is 1.07. The Labute approximate surface area is 115 Å². The molecule has 0 saturated heterocycles. The Kier molecular flexibility index (Phi) is 2.97. The van der Waals surface area contributed by atoms with Gasteiger partial charge in [0.25, 0.3) is 0 Å². The van der Waals surface area contributed by atoms with Crippen molar-refractivity contribution in [2.24, 2.45) is 0 Å². The van der Waals surface area contributed by atoms with E-state index >= 15 is 0 Å². The molecule has 2 heteroatoms. The topological polar surface area (TPSA) is 3.01 Å². The van der Waals surface area contributed by atoms with E-state index in [-0.39, 0.29) is 0 Å². The van der Waals surface area contributed by atoms with Crippen molar-refractivity contribution in [3.05, 3.63) is 63.2 Å². The van der Waals surface area contributed by atoms with Crippen molar-refractivity contribution in [2.45, 2.75) is 6.42 Å². The molecule has 1 aliphatic heterocycles. The largest absolute Gasteiger partial charge is 0.206 e. The first kappa shape index (κ1) is 11.0. The maximum atomic E-state index is 2.36. The van der Waals surface area contributed by atoms with Crippen LogP contribution >= 0.6 is 22.6 Å². The van der Waals surface area contributed by atoms with Crippen LogP contribution in [0, 0.1) is 3.57 Å². The summed E-state index contributed by atoms with van der Waals surface area (Å²) in [5, 5.41) is 0. The van der Waals surface area contributed by atoms with Gasteiger partial charge in [0, 0.05) is 27.7 Å². The van der Waals surface area contributed by atoms with Gasteiger partial charge in [-0.2, -0.15) is 4.58 Å². The zero-order valence-corrected chi connectivity index (χ0v) is 11.6. The lowest BCUT2D eigenvalue weighted by Gasteiger charge is -2.11.